The average molecular weight is 439 g/mol. The Hall–Kier alpha value is -1.55. The Bertz CT molecular complexity index is 588. The molecule has 0 aliphatic heterocycles. The van der Waals surface area contributed by atoms with Crippen LogP contribution in [-0.2, 0) is 14.3 Å². The summed E-state index contributed by atoms with van der Waals surface area (Å²) in [6.45, 7) is 2.79. The predicted octanol–water partition coefficient (Wildman–Crippen LogP) is 7.66. The molecule has 0 bridgehead atoms. The molecule has 1 rings (SSSR count). The van der Waals surface area contributed by atoms with Gasteiger partial charge in [0.15, 0.2) is 0 Å². The lowest BCUT2D eigenvalue weighted by Gasteiger charge is -2.06. The molecule has 30 heavy (non-hydrogen) atoms. The monoisotopic (exact) mass is 438 g/mol. The Morgan fingerprint density at radius 3 is 1.90 bits per heavy atom. The highest BCUT2D eigenvalue weighted by atomic mass is 35.5. The molecule has 0 fully saturated rings. The minimum absolute atomic E-state index is 0.0664. The van der Waals surface area contributed by atoms with E-state index in [1.54, 1.807) is 24.3 Å². The topological polar surface area (TPSA) is 52.6 Å². The molecule has 4 nitrogen and oxygen atoms in total. The van der Waals surface area contributed by atoms with Gasteiger partial charge in [-0.3, -0.25) is 9.59 Å². The zero-order valence-electron chi connectivity index (χ0n) is 18.6. The Morgan fingerprint density at radius 1 is 0.733 bits per heavy atom. The van der Waals surface area contributed by atoms with E-state index in [2.05, 4.69) is 6.92 Å². The number of esters is 2. The number of para-hydroxylation sites is 1. The summed E-state index contributed by atoms with van der Waals surface area (Å²) in [6, 6.07) is 6.99. The number of ether oxygens (including phenoxy) is 2. The minimum atomic E-state index is -0.244. The Morgan fingerprint density at radius 2 is 1.27 bits per heavy atom. The molecule has 0 heterocycles. The number of hydrogen-bond donors (Lipinski definition) is 0. The number of carbonyl (C=O) groups excluding carboxylic acids is 2. The number of benzene rings is 1. The van der Waals surface area contributed by atoms with Gasteiger partial charge in [0.1, 0.15) is 5.75 Å². The highest BCUT2D eigenvalue weighted by Crippen LogP contribution is 2.23. The van der Waals surface area contributed by atoms with E-state index in [1.165, 1.54) is 32.1 Å². The highest BCUT2D eigenvalue weighted by molar-refractivity contribution is 6.32. The van der Waals surface area contributed by atoms with Crippen LogP contribution in [0, 0.1) is 0 Å². The van der Waals surface area contributed by atoms with Gasteiger partial charge >= 0.3 is 11.9 Å². The summed E-state index contributed by atoms with van der Waals surface area (Å²) in [6.07, 6.45) is 15.4. The Kier molecular flexibility index (Phi) is 16.1. The number of unbranched alkanes of at least 4 members (excludes halogenated alkanes) is 11. The molecule has 0 aliphatic carbocycles. The van der Waals surface area contributed by atoms with Gasteiger partial charge in [-0.15, -0.1) is 0 Å². The Balaban J connectivity index is 1.87. The maximum atomic E-state index is 11.8. The summed E-state index contributed by atoms with van der Waals surface area (Å²) in [5, 5.41) is 0.451. The minimum Gasteiger partial charge on any atom is -0.466 e. The van der Waals surface area contributed by atoms with Crippen molar-refractivity contribution in [1.82, 2.24) is 0 Å². The molecule has 0 saturated heterocycles. The maximum absolute atomic E-state index is 11.8. The summed E-state index contributed by atoms with van der Waals surface area (Å²) in [5.74, 6) is 0.109. The summed E-state index contributed by atoms with van der Waals surface area (Å²) in [5.41, 5.74) is 0. The van der Waals surface area contributed by atoms with E-state index in [0.717, 1.165) is 51.4 Å². The molecule has 170 valence electrons. The van der Waals surface area contributed by atoms with Gasteiger partial charge in [0.25, 0.3) is 0 Å². The quantitative estimate of drug-likeness (QED) is 0.134. The van der Waals surface area contributed by atoms with E-state index in [0.29, 0.717) is 30.2 Å². The van der Waals surface area contributed by atoms with Crippen LogP contribution in [-0.4, -0.2) is 18.5 Å². The van der Waals surface area contributed by atoms with Crippen molar-refractivity contribution in [3.8, 4) is 5.75 Å². The van der Waals surface area contributed by atoms with Gasteiger partial charge in [0, 0.05) is 12.8 Å². The van der Waals surface area contributed by atoms with Gasteiger partial charge in [-0.05, 0) is 31.4 Å². The zero-order valence-corrected chi connectivity index (χ0v) is 19.4. The third-order valence-corrected chi connectivity index (χ3v) is 5.40. The lowest BCUT2D eigenvalue weighted by Crippen LogP contribution is -2.07. The van der Waals surface area contributed by atoms with Crippen LogP contribution >= 0.6 is 11.6 Å². The molecule has 0 atom stereocenters. The zero-order chi connectivity index (χ0) is 21.9. The van der Waals surface area contributed by atoms with Crippen molar-refractivity contribution in [1.29, 1.82) is 0 Å². The molecule has 0 N–H and O–H groups in total. The van der Waals surface area contributed by atoms with E-state index < -0.39 is 0 Å². The van der Waals surface area contributed by atoms with Gasteiger partial charge in [-0.1, -0.05) is 94.9 Å². The molecule has 0 unspecified atom stereocenters. The molecule has 5 heteroatoms. The first-order chi connectivity index (χ1) is 14.6. The molecule has 0 aromatic heterocycles. The fraction of sp³-hybridized carbons (Fsp3) is 0.680. The SMILES string of the molecule is CCCCCCCCCOC(=O)CCCCCCCCC(=O)Oc1ccccc1Cl. The van der Waals surface area contributed by atoms with Crippen molar-refractivity contribution in [3.05, 3.63) is 29.3 Å². The predicted molar refractivity (Wildman–Crippen MR) is 123 cm³/mol. The summed E-state index contributed by atoms with van der Waals surface area (Å²) >= 11 is 5.98. The van der Waals surface area contributed by atoms with Crippen LogP contribution in [0.1, 0.15) is 103 Å². The second kappa shape index (κ2) is 18.2. The van der Waals surface area contributed by atoms with Gasteiger partial charge < -0.3 is 9.47 Å². The maximum Gasteiger partial charge on any atom is 0.311 e. The van der Waals surface area contributed by atoms with Crippen molar-refractivity contribution in [2.24, 2.45) is 0 Å². The second-order valence-electron chi connectivity index (χ2n) is 7.87. The molecular weight excluding hydrogens is 400 g/mol. The van der Waals surface area contributed by atoms with E-state index in [-0.39, 0.29) is 11.9 Å². The lowest BCUT2D eigenvalue weighted by molar-refractivity contribution is -0.144. The number of carbonyl (C=O) groups is 2. The largest absolute Gasteiger partial charge is 0.466 e. The smallest absolute Gasteiger partial charge is 0.311 e. The first kappa shape index (κ1) is 26.5. The van der Waals surface area contributed by atoms with Crippen LogP contribution in [0.2, 0.25) is 5.02 Å². The third kappa shape index (κ3) is 14.4. The van der Waals surface area contributed by atoms with E-state index in [1.807, 2.05) is 0 Å². The number of halogens is 1. The molecule has 0 aliphatic rings. The molecule has 1 aromatic carbocycles. The second-order valence-corrected chi connectivity index (χ2v) is 8.27. The fourth-order valence-corrected chi connectivity index (χ4v) is 3.44. The van der Waals surface area contributed by atoms with Crippen molar-refractivity contribution in [2.75, 3.05) is 6.61 Å². The molecule has 0 radical (unpaired) electrons. The van der Waals surface area contributed by atoms with E-state index in [9.17, 15) is 9.59 Å². The van der Waals surface area contributed by atoms with Crippen molar-refractivity contribution in [2.45, 2.75) is 103 Å². The standard InChI is InChI=1S/C25H39ClO4/c1-2-3-4-5-8-11-16-21-29-24(27)19-12-9-6-7-10-13-20-25(28)30-23-18-15-14-17-22(23)26/h14-15,17-18H,2-13,16,19-21H2,1H3. The molecule has 1 aromatic rings. The summed E-state index contributed by atoms with van der Waals surface area (Å²) in [4.78, 5) is 23.5. The van der Waals surface area contributed by atoms with Crippen LogP contribution < -0.4 is 4.74 Å². The van der Waals surface area contributed by atoms with Crippen molar-refractivity contribution in [3.63, 3.8) is 0 Å². The molecular formula is C25H39ClO4. The molecule has 0 spiro atoms. The van der Waals surface area contributed by atoms with Crippen LogP contribution in [0.4, 0.5) is 0 Å². The first-order valence-electron chi connectivity index (χ1n) is 11.7. The Labute approximate surface area is 187 Å². The summed E-state index contributed by atoms with van der Waals surface area (Å²) in [7, 11) is 0. The van der Waals surface area contributed by atoms with Crippen molar-refractivity contribution >= 4 is 23.5 Å². The van der Waals surface area contributed by atoms with Crippen molar-refractivity contribution < 1.29 is 19.1 Å². The van der Waals surface area contributed by atoms with Gasteiger partial charge in [0.05, 0.1) is 11.6 Å². The van der Waals surface area contributed by atoms with E-state index in [4.69, 9.17) is 21.1 Å². The number of hydrogen-bond acceptors (Lipinski definition) is 4. The van der Waals surface area contributed by atoms with Crippen LogP contribution in [0.15, 0.2) is 24.3 Å². The molecule has 0 saturated carbocycles. The normalized spacial score (nSPS) is 10.7. The van der Waals surface area contributed by atoms with Crippen LogP contribution in [0.3, 0.4) is 0 Å². The van der Waals surface area contributed by atoms with Gasteiger partial charge in [0.2, 0.25) is 0 Å². The number of rotatable bonds is 18. The summed E-state index contributed by atoms with van der Waals surface area (Å²) < 4.78 is 10.6. The van der Waals surface area contributed by atoms with Crippen LogP contribution in [0.5, 0.6) is 5.75 Å². The molecule has 0 amide bonds. The first-order valence-corrected chi connectivity index (χ1v) is 12.1. The fourth-order valence-electron chi connectivity index (χ4n) is 3.26. The van der Waals surface area contributed by atoms with Gasteiger partial charge in [-0.2, -0.15) is 0 Å². The highest BCUT2D eigenvalue weighted by Gasteiger charge is 2.07. The van der Waals surface area contributed by atoms with Crippen LogP contribution in [0.25, 0.3) is 0 Å². The van der Waals surface area contributed by atoms with Gasteiger partial charge in [-0.25, -0.2) is 0 Å². The average Bonchev–Trinajstić information content (AvgIpc) is 2.73. The van der Waals surface area contributed by atoms with E-state index >= 15 is 0 Å². The third-order valence-electron chi connectivity index (χ3n) is 5.08. The lowest BCUT2D eigenvalue weighted by atomic mass is 10.1.